The van der Waals surface area contributed by atoms with Crippen molar-refractivity contribution in [3.8, 4) is 0 Å². The van der Waals surface area contributed by atoms with Gasteiger partial charge < -0.3 is 0 Å². The maximum absolute atomic E-state index is 2.56. The molecule has 0 amide bonds. The molecule has 0 aromatic heterocycles. The Balaban J connectivity index is 1.90. The van der Waals surface area contributed by atoms with Crippen LogP contribution in [0.15, 0.2) is 11.6 Å². The minimum absolute atomic E-state index is 0.878. The Hall–Kier alpha value is -0.260. The van der Waals surface area contributed by atoms with Gasteiger partial charge in [0.25, 0.3) is 0 Å². The summed E-state index contributed by atoms with van der Waals surface area (Å²) in [6, 6.07) is 0. The van der Waals surface area contributed by atoms with Gasteiger partial charge in [0.15, 0.2) is 0 Å². The highest BCUT2D eigenvalue weighted by Gasteiger charge is 2.83. The molecule has 1 spiro atoms. The molecule has 0 bridgehead atoms. The fourth-order valence-corrected chi connectivity index (χ4v) is 4.01. The highest BCUT2D eigenvalue weighted by molar-refractivity contribution is 5.53. The monoisotopic (exact) mass is 132 g/mol. The first-order valence-corrected chi connectivity index (χ1v) is 4.65. The van der Waals surface area contributed by atoms with E-state index in [4.69, 9.17) is 0 Å². The highest BCUT2D eigenvalue weighted by atomic mass is 14.9. The van der Waals surface area contributed by atoms with E-state index in [9.17, 15) is 0 Å². The van der Waals surface area contributed by atoms with Gasteiger partial charge in [-0.3, -0.25) is 0 Å². The number of hydrogen-bond acceptors (Lipinski definition) is 0. The van der Waals surface area contributed by atoms with Gasteiger partial charge in [-0.25, -0.2) is 0 Å². The van der Waals surface area contributed by atoms with Crippen LogP contribution in [-0.2, 0) is 0 Å². The van der Waals surface area contributed by atoms with E-state index < -0.39 is 0 Å². The Morgan fingerprint density at radius 1 is 1.50 bits per heavy atom. The third-order valence-corrected chi connectivity index (χ3v) is 4.43. The topological polar surface area (TPSA) is 0 Å². The average Bonchev–Trinajstić information content (AvgIpc) is 2.72. The smallest absolute Gasteiger partial charge is 0.00147 e. The van der Waals surface area contributed by atoms with Crippen molar-refractivity contribution in [2.24, 2.45) is 23.2 Å². The van der Waals surface area contributed by atoms with Crippen LogP contribution in [0.5, 0.6) is 0 Å². The van der Waals surface area contributed by atoms with Crippen LogP contribution in [0.4, 0.5) is 0 Å². The van der Waals surface area contributed by atoms with E-state index in [1.54, 1.807) is 12.8 Å². The van der Waals surface area contributed by atoms with E-state index in [2.05, 4.69) is 6.08 Å². The summed E-state index contributed by atoms with van der Waals surface area (Å²) in [7, 11) is 0. The summed E-state index contributed by atoms with van der Waals surface area (Å²) in [6.45, 7) is 0. The maximum atomic E-state index is 2.56. The molecule has 0 aliphatic heterocycles. The molecular weight excluding hydrogens is 120 g/mol. The van der Waals surface area contributed by atoms with Crippen LogP contribution in [0.25, 0.3) is 0 Å². The molecule has 0 N–H and O–H groups in total. The molecule has 3 saturated carbocycles. The van der Waals surface area contributed by atoms with Crippen molar-refractivity contribution in [3.63, 3.8) is 0 Å². The van der Waals surface area contributed by atoms with Crippen LogP contribution in [0.3, 0.4) is 0 Å². The van der Waals surface area contributed by atoms with E-state index in [0.29, 0.717) is 0 Å². The van der Waals surface area contributed by atoms with Gasteiger partial charge in [-0.2, -0.15) is 0 Å². The molecule has 0 aromatic carbocycles. The maximum Gasteiger partial charge on any atom is 0.00147 e. The number of allylic oxidation sites excluding steroid dienone is 2. The van der Waals surface area contributed by atoms with Crippen molar-refractivity contribution in [2.45, 2.75) is 25.7 Å². The van der Waals surface area contributed by atoms with Crippen LogP contribution in [0.1, 0.15) is 25.7 Å². The van der Waals surface area contributed by atoms with Crippen LogP contribution >= 0.6 is 0 Å². The Kier molecular flexibility index (Phi) is 0.464. The van der Waals surface area contributed by atoms with Crippen molar-refractivity contribution < 1.29 is 0 Å². The molecule has 4 aliphatic rings. The standard InChI is InChI=1S/C10H12/c1-2-4-10-7(3-1)9(10)6-5-8(6)10/h3,6,8-9H,1-2,4-5H2. The predicted molar refractivity (Wildman–Crippen MR) is 39.5 cm³/mol. The molecule has 0 saturated heterocycles. The molecule has 0 heterocycles. The van der Waals surface area contributed by atoms with Gasteiger partial charge in [0.05, 0.1) is 0 Å². The lowest BCUT2D eigenvalue weighted by Crippen LogP contribution is -2.19. The Bertz CT molecular complexity index is 251. The minimum Gasteiger partial charge on any atom is -0.0844 e. The van der Waals surface area contributed by atoms with Crippen molar-refractivity contribution in [2.75, 3.05) is 0 Å². The zero-order chi connectivity index (χ0) is 6.34. The molecule has 4 rings (SSSR count). The van der Waals surface area contributed by atoms with Gasteiger partial charge in [-0.1, -0.05) is 11.6 Å². The molecule has 4 aliphatic carbocycles. The van der Waals surface area contributed by atoms with Crippen molar-refractivity contribution >= 4 is 0 Å². The van der Waals surface area contributed by atoms with E-state index in [1.807, 2.05) is 5.57 Å². The Morgan fingerprint density at radius 2 is 2.50 bits per heavy atom. The highest BCUT2D eigenvalue weighted by Crippen LogP contribution is 2.90. The fraction of sp³-hybridized carbons (Fsp3) is 0.800. The molecule has 52 valence electrons. The lowest BCUT2D eigenvalue weighted by molar-refractivity contribution is 0.244. The summed E-state index contributed by atoms with van der Waals surface area (Å²) in [4.78, 5) is 0. The second-order valence-corrected chi connectivity index (χ2v) is 4.58. The molecule has 4 unspecified atom stereocenters. The van der Waals surface area contributed by atoms with Gasteiger partial charge in [-0.15, -0.1) is 0 Å². The average molecular weight is 132 g/mol. The molecule has 4 atom stereocenters. The molecule has 10 heavy (non-hydrogen) atoms. The second kappa shape index (κ2) is 1.01. The minimum atomic E-state index is 0.878. The summed E-state index contributed by atoms with van der Waals surface area (Å²) in [5.41, 5.74) is 2.78. The first-order chi connectivity index (χ1) is 4.94. The van der Waals surface area contributed by atoms with Crippen LogP contribution in [0, 0.1) is 23.2 Å². The van der Waals surface area contributed by atoms with E-state index >= 15 is 0 Å². The number of hydrogen-bond donors (Lipinski definition) is 0. The summed E-state index contributed by atoms with van der Waals surface area (Å²) in [5.74, 6) is 3.54. The summed E-state index contributed by atoms with van der Waals surface area (Å²) >= 11 is 0. The molecule has 0 radical (unpaired) electrons. The molecular formula is C10H12. The fourth-order valence-electron chi connectivity index (χ4n) is 4.01. The van der Waals surface area contributed by atoms with Gasteiger partial charge >= 0.3 is 0 Å². The van der Waals surface area contributed by atoms with Crippen LogP contribution < -0.4 is 0 Å². The van der Waals surface area contributed by atoms with Gasteiger partial charge in [0.2, 0.25) is 0 Å². The summed E-state index contributed by atoms with van der Waals surface area (Å²) in [5, 5.41) is 0. The lowest BCUT2D eigenvalue weighted by Gasteiger charge is -2.24. The van der Waals surface area contributed by atoms with Gasteiger partial charge in [-0.05, 0) is 43.4 Å². The van der Waals surface area contributed by atoms with Crippen molar-refractivity contribution in [1.82, 2.24) is 0 Å². The molecule has 3 fully saturated rings. The first-order valence-electron chi connectivity index (χ1n) is 4.65. The van der Waals surface area contributed by atoms with E-state index in [1.165, 1.54) is 24.7 Å². The second-order valence-electron chi connectivity index (χ2n) is 4.58. The lowest BCUT2D eigenvalue weighted by atomic mass is 9.79. The summed E-state index contributed by atoms with van der Waals surface area (Å²) < 4.78 is 0. The van der Waals surface area contributed by atoms with Gasteiger partial charge in [0.1, 0.15) is 0 Å². The molecule has 0 nitrogen and oxygen atoms in total. The van der Waals surface area contributed by atoms with Crippen molar-refractivity contribution in [3.05, 3.63) is 11.6 Å². The third kappa shape index (κ3) is 0.247. The zero-order valence-corrected chi connectivity index (χ0v) is 6.14. The van der Waals surface area contributed by atoms with Gasteiger partial charge in [0, 0.05) is 5.41 Å². The SMILES string of the molecule is C1=C2C3C4CC4C23CCC1. The quantitative estimate of drug-likeness (QED) is 0.444. The van der Waals surface area contributed by atoms with Crippen LogP contribution in [0.2, 0.25) is 0 Å². The molecule has 0 aromatic rings. The third-order valence-electron chi connectivity index (χ3n) is 4.43. The Labute approximate surface area is 61.3 Å². The zero-order valence-electron chi connectivity index (χ0n) is 6.14. The predicted octanol–water partition coefficient (Wildman–Crippen LogP) is 2.36. The largest absolute Gasteiger partial charge is 0.0844 e. The number of rotatable bonds is 0. The first kappa shape index (κ1) is 4.58. The van der Waals surface area contributed by atoms with E-state index in [-0.39, 0.29) is 0 Å². The van der Waals surface area contributed by atoms with E-state index in [0.717, 1.165) is 11.3 Å². The Morgan fingerprint density at radius 3 is 3.40 bits per heavy atom. The van der Waals surface area contributed by atoms with Crippen LogP contribution in [-0.4, -0.2) is 0 Å². The summed E-state index contributed by atoms with van der Waals surface area (Å²) in [6.07, 6.45) is 8.60. The number of fused-ring (bicyclic) bond motifs is 3. The van der Waals surface area contributed by atoms with Crippen molar-refractivity contribution in [1.29, 1.82) is 0 Å². The normalized spacial score (nSPS) is 66.4. The molecule has 0 heteroatoms.